The minimum absolute atomic E-state index is 0.0361. The topological polar surface area (TPSA) is 96.8 Å². The van der Waals surface area contributed by atoms with Crippen molar-refractivity contribution in [3.8, 4) is 22.8 Å². The molecular formula is C34H38N4O4. The Morgan fingerprint density at radius 3 is 2.50 bits per heavy atom. The third-order valence-corrected chi connectivity index (χ3v) is 7.33. The molecular weight excluding hydrogens is 528 g/mol. The molecule has 0 aliphatic carbocycles. The Morgan fingerprint density at radius 1 is 0.976 bits per heavy atom. The molecule has 42 heavy (non-hydrogen) atoms. The number of rotatable bonds is 11. The van der Waals surface area contributed by atoms with Crippen molar-refractivity contribution in [1.29, 1.82) is 0 Å². The van der Waals surface area contributed by atoms with Crippen LogP contribution in [0.15, 0.2) is 84.9 Å². The molecule has 2 N–H and O–H groups in total. The lowest BCUT2D eigenvalue weighted by Crippen LogP contribution is -2.41. The van der Waals surface area contributed by atoms with Gasteiger partial charge in [0.2, 0.25) is 0 Å². The van der Waals surface area contributed by atoms with E-state index in [2.05, 4.69) is 10.2 Å². The van der Waals surface area contributed by atoms with Gasteiger partial charge in [-0.25, -0.2) is 9.97 Å². The molecule has 1 unspecified atom stereocenters. The number of nitrogens with zero attached hydrogens (tertiary/aromatic N) is 3. The maximum absolute atomic E-state index is 11.6. The first-order valence-corrected chi connectivity index (χ1v) is 14.5. The summed E-state index contributed by atoms with van der Waals surface area (Å²) in [4.78, 5) is 23.6. The standard InChI is InChI=1S/C34H38N4O4/c1-4-41-28-15-5-6-16-29(28)42-26-13-10-20-38(23-26)32-19-9-18-31(37-32)36-30-17-8-14-27(35-30)25-12-7-11-24(21-25)22-34(2,3)33(39)40/h5-9,11-12,14-19,21,26H,4,10,13,20,22-23H2,1-3H3,(H,39,40)(H,35,36,37). The molecule has 8 heteroatoms. The second-order valence-corrected chi connectivity index (χ2v) is 11.2. The largest absolute Gasteiger partial charge is 0.490 e. The SMILES string of the molecule is CCOc1ccccc1OC1CCCN(c2cccc(Nc3cccc(-c4cccc(CC(C)(C)C(=O)O)c4)n3)n2)C1. The highest BCUT2D eigenvalue weighted by molar-refractivity contribution is 5.74. The van der Waals surface area contributed by atoms with Crippen LogP contribution in [0, 0.1) is 5.41 Å². The van der Waals surface area contributed by atoms with Gasteiger partial charge in [-0.1, -0.05) is 42.5 Å². The number of ether oxygens (including phenoxy) is 2. The summed E-state index contributed by atoms with van der Waals surface area (Å²) in [6.07, 6.45) is 2.45. The molecule has 1 aliphatic heterocycles. The summed E-state index contributed by atoms with van der Waals surface area (Å²) >= 11 is 0. The maximum atomic E-state index is 11.6. The van der Waals surface area contributed by atoms with Gasteiger partial charge in [0, 0.05) is 12.1 Å². The Hall–Kier alpha value is -4.59. The highest BCUT2D eigenvalue weighted by Gasteiger charge is 2.27. The van der Waals surface area contributed by atoms with Crippen molar-refractivity contribution < 1.29 is 19.4 Å². The fraction of sp³-hybridized carbons (Fsp3) is 0.324. The van der Waals surface area contributed by atoms with Crippen molar-refractivity contribution in [3.63, 3.8) is 0 Å². The van der Waals surface area contributed by atoms with Crippen LogP contribution in [0.4, 0.5) is 17.5 Å². The summed E-state index contributed by atoms with van der Waals surface area (Å²) in [5.41, 5.74) is 1.85. The summed E-state index contributed by atoms with van der Waals surface area (Å²) in [6, 6.07) is 27.5. The van der Waals surface area contributed by atoms with Crippen LogP contribution in [0.25, 0.3) is 11.3 Å². The molecule has 1 atom stereocenters. The van der Waals surface area contributed by atoms with Crippen LogP contribution in [0.2, 0.25) is 0 Å². The number of hydrogen-bond donors (Lipinski definition) is 2. The molecule has 0 amide bonds. The van der Waals surface area contributed by atoms with E-state index in [4.69, 9.17) is 19.4 Å². The molecule has 0 saturated carbocycles. The first-order chi connectivity index (χ1) is 20.3. The maximum Gasteiger partial charge on any atom is 0.309 e. The van der Waals surface area contributed by atoms with E-state index in [-0.39, 0.29) is 6.10 Å². The Bertz CT molecular complexity index is 1520. The van der Waals surface area contributed by atoms with E-state index in [1.165, 1.54) is 0 Å². The number of hydrogen-bond acceptors (Lipinski definition) is 7. The lowest BCUT2D eigenvalue weighted by atomic mass is 9.85. The zero-order valence-corrected chi connectivity index (χ0v) is 24.4. The highest BCUT2D eigenvalue weighted by Crippen LogP contribution is 2.31. The first-order valence-electron chi connectivity index (χ1n) is 14.5. The molecule has 2 aromatic carbocycles. The van der Waals surface area contributed by atoms with E-state index in [0.717, 1.165) is 60.1 Å². The number of piperidine rings is 1. The van der Waals surface area contributed by atoms with Crippen molar-refractivity contribution in [1.82, 2.24) is 9.97 Å². The van der Waals surface area contributed by atoms with Crippen molar-refractivity contribution >= 4 is 23.4 Å². The predicted octanol–water partition coefficient (Wildman–Crippen LogP) is 6.99. The Kier molecular flexibility index (Phi) is 8.91. The lowest BCUT2D eigenvalue weighted by molar-refractivity contribution is -0.146. The number of benzene rings is 2. The number of carboxylic acid groups (broad SMARTS) is 1. The van der Waals surface area contributed by atoms with Crippen molar-refractivity contribution in [3.05, 3.63) is 90.5 Å². The third-order valence-electron chi connectivity index (χ3n) is 7.33. The third kappa shape index (κ3) is 7.18. The van der Waals surface area contributed by atoms with Crippen LogP contribution in [0.5, 0.6) is 11.5 Å². The molecule has 1 saturated heterocycles. The zero-order valence-electron chi connectivity index (χ0n) is 24.4. The molecule has 0 bridgehead atoms. The minimum atomic E-state index is -0.847. The summed E-state index contributed by atoms with van der Waals surface area (Å²) in [5.74, 6) is 3.01. The van der Waals surface area contributed by atoms with Gasteiger partial charge in [-0.3, -0.25) is 4.79 Å². The second kappa shape index (κ2) is 12.9. The fourth-order valence-corrected chi connectivity index (χ4v) is 5.14. The number of anilines is 3. The van der Waals surface area contributed by atoms with Crippen molar-refractivity contribution in [2.24, 2.45) is 5.41 Å². The highest BCUT2D eigenvalue weighted by atomic mass is 16.5. The van der Waals surface area contributed by atoms with E-state index in [0.29, 0.717) is 24.7 Å². The minimum Gasteiger partial charge on any atom is -0.490 e. The zero-order chi connectivity index (χ0) is 29.5. The average molecular weight is 567 g/mol. The van der Waals surface area contributed by atoms with E-state index in [1.54, 1.807) is 13.8 Å². The monoisotopic (exact) mass is 566 g/mol. The van der Waals surface area contributed by atoms with Gasteiger partial charge < -0.3 is 24.8 Å². The number of carbonyl (C=O) groups is 1. The quantitative estimate of drug-likeness (QED) is 0.201. The number of pyridine rings is 2. The molecule has 0 spiro atoms. The van der Waals surface area contributed by atoms with E-state index in [9.17, 15) is 9.90 Å². The summed E-state index contributed by atoms with van der Waals surface area (Å²) in [5, 5.41) is 12.9. The van der Waals surface area contributed by atoms with Crippen LogP contribution >= 0.6 is 0 Å². The van der Waals surface area contributed by atoms with Crippen molar-refractivity contribution in [2.75, 3.05) is 29.9 Å². The molecule has 3 heterocycles. The van der Waals surface area contributed by atoms with Crippen molar-refractivity contribution in [2.45, 2.75) is 46.1 Å². The normalized spacial score (nSPS) is 15.2. The summed E-state index contributed by atoms with van der Waals surface area (Å²) in [7, 11) is 0. The molecule has 1 fully saturated rings. The molecule has 4 aromatic rings. The van der Waals surface area contributed by atoms with Gasteiger partial charge in [0.15, 0.2) is 11.5 Å². The first kappa shape index (κ1) is 28.9. The van der Waals surface area contributed by atoms with Crippen LogP contribution in [-0.2, 0) is 11.2 Å². The number of aliphatic carboxylic acids is 1. The fourth-order valence-electron chi connectivity index (χ4n) is 5.14. The van der Waals surface area contributed by atoms with Gasteiger partial charge >= 0.3 is 5.97 Å². The van der Waals surface area contributed by atoms with Gasteiger partial charge in [-0.05, 0) is 88.1 Å². The molecule has 0 radical (unpaired) electrons. The average Bonchev–Trinajstić information content (AvgIpc) is 2.99. The summed E-state index contributed by atoms with van der Waals surface area (Å²) < 4.78 is 12.1. The molecule has 5 rings (SSSR count). The van der Waals surface area contributed by atoms with Gasteiger partial charge in [0.25, 0.3) is 0 Å². The van der Waals surface area contributed by atoms with Gasteiger partial charge in [0.05, 0.1) is 24.3 Å². The lowest BCUT2D eigenvalue weighted by Gasteiger charge is -2.34. The van der Waals surface area contributed by atoms with Gasteiger partial charge in [0.1, 0.15) is 23.6 Å². The van der Waals surface area contributed by atoms with Crippen LogP contribution in [-0.4, -0.2) is 46.8 Å². The van der Waals surface area contributed by atoms with Gasteiger partial charge in [-0.15, -0.1) is 0 Å². The van der Waals surface area contributed by atoms with E-state index < -0.39 is 11.4 Å². The molecule has 1 aliphatic rings. The number of aromatic nitrogens is 2. The van der Waals surface area contributed by atoms with Gasteiger partial charge in [-0.2, -0.15) is 0 Å². The predicted molar refractivity (Wildman–Crippen MR) is 166 cm³/mol. The second-order valence-electron chi connectivity index (χ2n) is 11.2. The molecule has 2 aromatic heterocycles. The molecule has 218 valence electrons. The number of para-hydroxylation sites is 2. The van der Waals surface area contributed by atoms with Crippen LogP contribution in [0.1, 0.15) is 39.2 Å². The Balaban J connectivity index is 1.27. The Labute approximate surface area is 247 Å². The van der Waals surface area contributed by atoms with Crippen LogP contribution in [0.3, 0.4) is 0 Å². The number of carboxylic acids is 1. The van der Waals surface area contributed by atoms with Crippen LogP contribution < -0.4 is 19.7 Å². The summed E-state index contributed by atoms with van der Waals surface area (Å²) in [6.45, 7) is 7.69. The smallest absolute Gasteiger partial charge is 0.309 e. The Morgan fingerprint density at radius 2 is 1.71 bits per heavy atom. The number of nitrogens with one attached hydrogen (secondary N) is 1. The van der Waals surface area contributed by atoms with E-state index in [1.807, 2.05) is 91.9 Å². The van der Waals surface area contributed by atoms with E-state index >= 15 is 0 Å². The molecule has 8 nitrogen and oxygen atoms in total.